The van der Waals surface area contributed by atoms with Crippen molar-refractivity contribution < 1.29 is 30.4 Å². The summed E-state index contributed by atoms with van der Waals surface area (Å²) in [5.74, 6) is -3.41. The van der Waals surface area contributed by atoms with Gasteiger partial charge in [-0.25, -0.2) is 25.6 Å². The monoisotopic (exact) mass is 368 g/mol. The van der Waals surface area contributed by atoms with E-state index in [0.717, 1.165) is 6.07 Å². The van der Waals surface area contributed by atoms with Crippen LogP contribution >= 0.6 is 0 Å². The number of sulfone groups is 1. The zero-order valence-corrected chi connectivity index (χ0v) is 13.4. The lowest BCUT2D eigenvalue weighted by Gasteiger charge is -2.11. The van der Waals surface area contributed by atoms with E-state index in [1.54, 1.807) is 4.83 Å². The standard InChI is InChI=1S/C12H14F2N2O5S2/c13-9-1-2-10(14)11(6-9)23(20,21)16-15-12(17)5-8-3-4-22(18,19)7-8/h1-2,6,8,16H,3-5,7H2,(H,15,17)/t8-/m1/s1. The highest BCUT2D eigenvalue weighted by Gasteiger charge is 2.30. The Morgan fingerprint density at radius 3 is 2.61 bits per heavy atom. The van der Waals surface area contributed by atoms with Crippen LogP contribution in [0, 0.1) is 17.6 Å². The Morgan fingerprint density at radius 2 is 2.00 bits per heavy atom. The van der Waals surface area contributed by atoms with Crippen molar-refractivity contribution in [3.05, 3.63) is 29.8 Å². The molecule has 11 heteroatoms. The Kier molecular flexibility index (Phi) is 5.01. The van der Waals surface area contributed by atoms with Gasteiger partial charge in [-0.05, 0) is 30.5 Å². The van der Waals surface area contributed by atoms with Crippen LogP contribution in [0.15, 0.2) is 23.1 Å². The second-order valence-corrected chi connectivity index (χ2v) is 9.08. The zero-order chi connectivity index (χ0) is 17.3. The topological polar surface area (TPSA) is 109 Å². The van der Waals surface area contributed by atoms with Crippen LogP contribution in [0.2, 0.25) is 0 Å². The summed E-state index contributed by atoms with van der Waals surface area (Å²) < 4.78 is 72.6. The van der Waals surface area contributed by atoms with Gasteiger partial charge in [0.15, 0.2) is 9.84 Å². The van der Waals surface area contributed by atoms with Crippen molar-refractivity contribution in [3.63, 3.8) is 0 Å². The molecule has 2 rings (SSSR count). The molecule has 1 aromatic rings. The van der Waals surface area contributed by atoms with E-state index >= 15 is 0 Å². The van der Waals surface area contributed by atoms with Gasteiger partial charge >= 0.3 is 0 Å². The minimum atomic E-state index is -4.48. The SMILES string of the molecule is O=C(C[C@H]1CCS(=O)(=O)C1)NNS(=O)(=O)c1cc(F)ccc1F. The van der Waals surface area contributed by atoms with Crippen molar-refractivity contribution in [1.29, 1.82) is 0 Å². The number of benzene rings is 1. The van der Waals surface area contributed by atoms with Crippen LogP contribution in [0.4, 0.5) is 8.78 Å². The summed E-state index contributed by atoms with van der Waals surface area (Å²) in [7, 11) is -7.63. The Hall–Kier alpha value is -1.59. The molecular formula is C12H14F2N2O5S2. The number of hydrogen-bond donors (Lipinski definition) is 2. The van der Waals surface area contributed by atoms with Crippen molar-refractivity contribution >= 4 is 25.8 Å². The molecular weight excluding hydrogens is 354 g/mol. The highest BCUT2D eigenvalue weighted by Crippen LogP contribution is 2.21. The smallest absolute Gasteiger partial charge is 0.260 e. The molecule has 1 aromatic carbocycles. The molecule has 7 nitrogen and oxygen atoms in total. The van der Waals surface area contributed by atoms with E-state index in [9.17, 15) is 30.4 Å². The van der Waals surface area contributed by atoms with E-state index in [1.165, 1.54) is 0 Å². The summed E-state index contributed by atoms with van der Waals surface area (Å²) in [6.45, 7) is 0. The molecule has 2 N–H and O–H groups in total. The summed E-state index contributed by atoms with van der Waals surface area (Å²) in [6.07, 6.45) is 0.133. The lowest BCUT2D eigenvalue weighted by atomic mass is 10.1. The maximum atomic E-state index is 13.4. The van der Waals surface area contributed by atoms with Crippen molar-refractivity contribution in [2.24, 2.45) is 5.92 Å². The van der Waals surface area contributed by atoms with Crippen molar-refractivity contribution in [3.8, 4) is 0 Å². The quantitative estimate of drug-likeness (QED) is 0.717. The molecule has 1 heterocycles. The van der Waals surface area contributed by atoms with Crippen LogP contribution in [0.1, 0.15) is 12.8 Å². The summed E-state index contributed by atoms with van der Waals surface area (Å²) in [5, 5.41) is 0. The average Bonchev–Trinajstić information content (AvgIpc) is 2.78. The summed E-state index contributed by atoms with van der Waals surface area (Å²) >= 11 is 0. The third kappa shape index (κ3) is 4.69. The van der Waals surface area contributed by atoms with Gasteiger partial charge in [-0.1, -0.05) is 0 Å². The second kappa shape index (κ2) is 6.49. The molecule has 1 aliphatic rings. The van der Waals surface area contributed by atoms with Crippen LogP contribution < -0.4 is 10.3 Å². The highest BCUT2D eigenvalue weighted by atomic mass is 32.2. The molecule has 1 fully saturated rings. The lowest BCUT2D eigenvalue weighted by molar-refractivity contribution is -0.122. The maximum Gasteiger partial charge on any atom is 0.260 e. The van der Waals surface area contributed by atoms with Gasteiger partial charge in [-0.3, -0.25) is 10.2 Å². The predicted octanol–water partition coefficient (Wildman–Crippen LogP) is 0.0991. The Balaban J connectivity index is 1.97. The van der Waals surface area contributed by atoms with Gasteiger partial charge in [0.2, 0.25) is 5.91 Å². The molecule has 1 atom stereocenters. The van der Waals surface area contributed by atoms with Gasteiger partial charge in [0, 0.05) is 6.42 Å². The number of hydrogen-bond acceptors (Lipinski definition) is 5. The first-order valence-electron chi connectivity index (χ1n) is 6.55. The molecule has 128 valence electrons. The van der Waals surface area contributed by atoms with Crippen molar-refractivity contribution in [2.75, 3.05) is 11.5 Å². The minimum Gasteiger partial charge on any atom is -0.278 e. The van der Waals surface area contributed by atoms with Crippen LogP contribution in [0.5, 0.6) is 0 Å². The maximum absolute atomic E-state index is 13.4. The number of rotatable bonds is 5. The van der Waals surface area contributed by atoms with Crippen molar-refractivity contribution in [1.82, 2.24) is 10.3 Å². The van der Waals surface area contributed by atoms with E-state index in [4.69, 9.17) is 0 Å². The Bertz CT molecular complexity index is 824. The fourth-order valence-electron chi connectivity index (χ4n) is 2.21. The number of hydrazine groups is 1. The number of amides is 1. The van der Waals surface area contributed by atoms with Crippen LogP contribution in [-0.4, -0.2) is 34.2 Å². The number of carbonyl (C=O) groups excluding carboxylic acids is 1. The van der Waals surface area contributed by atoms with E-state index in [1.807, 2.05) is 5.43 Å². The predicted molar refractivity (Wildman–Crippen MR) is 76.2 cm³/mol. The number of sulfonamides is 1. The molecule has 0 aliphatic carbocycles. The number of halogens is 2. The van der Waals surface area contributed by atoms with E-state index < -0.39 is 48.2 Å². The highest BCUT2D eigenvalue weighted by molar-refractivity contribution is 7.91. The Morgan fingerprint density at radius 1 is 1.30 bits per heavy atom. The fourth-order valence-corrected chi connectivity index (χ4v) is 5.02. The van der Waals surface area contributed by atoms with Crippen LogP contribution in [0.25, 0.3) is 0 Å². The zero-order valence-electron chi connectivity index (χ0n) is 11.8. The third-order valence-electron chi connectivity index (χ3n) is 3.31. The molecule has 0 unspecified atom stereocenters. The van der Waals surface area contributed by atoms with Gasteiger partial charge in [-0.15, -0.1) is 4.83 Å². The van der Waals surface area contributed by atoms with Gasteiger partial charge < -0.3 is 0 Å². The largest absolute Gasteiger partial charge is 0.278 e. The van der Waals surface area contributed by atoms with Gasteiger partial charge in [0.05, 0.1) is 11.5 Å². The first-order valence-corrected chi connectivity index (χ1v) is 9.86. The Labute approximate surface area is 132 Å². The molecule has 0 aromatic heterocycles. The van der Waals surface area contributed by atoms with Gasteiger partial charge in [0.25, 0.3) is 10.0 Å². The summed E-state index contributed by atoms with van der Waals surface area (Å²) in [4.78, 5) is 12.4. The summed E-state index contributed by atoms with van der Waals surface area (Å²) in [6, 6.07) is 1.88. The molecule has 0 bridgehead atoms. The van der Waals surface area contributed by atoms with E-state index in [-0.39, 0.29) is 17.9 Å². The minimum absolute atomic E-state index is 0.00875. The molecule has 0 radical (unpaired) electrons. The molecule has 1 amide bonds. The third-order valence-corrected chi connectivity index (χ3v) is 6.41. The first-order chi connectivity index (χ1) is 10.6. The average molecular weight is 368 g/mol. The molecule has 1 saturated heterocycles. The lowest BCUT2D eigenvalue weighted by Crippen LogP contribution is -2.42. The second-order valence-electron chi connectivity index (χ2n) is 5.20. The molecule has 1 aliphatic heterocycles. The van der Waals surface area contributed by atoms with Crippen LogP contribution in [-0.2, 0) is 24.7 Å². The van der Waals surface area contributed by atoms with Gasteiger partial charge in [0.1, 0.15) is 16.5 Å². The normalized spacial score (nSPS) is 20.3. The molecule has 0 saturated carbocycles. The number of nitrogens with one attached hydrogen (secondary N) is 2. The van der Waals surface area contributed by atoms with Crippen molar-refractivity contribution in [2.45, 2.75) is 17.7 Å². The van der Waals surface area contributed by atoms with E-state index in [2.05, 4.69) is 0 Å². The molecule has 0 spiro atoms. The fraction of sp³-hybridized carbons (Fsp3) is 0.417. The number of carbonyl (C=O) groups is 1. The summed E-state index contributed by atoms with van der Waals surface area (Å²) in [5.41, 5.74) is 1.86. The van der Waals surface area contributed by atoms with Gasteiger partial charge in [-0.2, -0.15) is 0 Å². The first kappa shape index (κ1) is 17.8. The molecule has 23 heavy (non-hydrogen) atoms. The van der Waals surface area contributed by atoms with E-state index in [0.29, 0.717) is 18.6 Å². The van der Waals surface area contributed by atoms with Crippen LogP contribution in [0.3, 0.4) is 0 Å².